The molecule has 1 unspecified atom stereocenters. The zero-order valence-electron chi connectivity index (χ0n) is 16.2. The Labute approximate surface area is 172 Å². The summed E-state index contributed by atoms with van der Waals surface area (Å²) < 4.78 is 6.08. The fourth-order valence-electron chi connectivity index (χ4n) is 3.04. The topological polar surface area (TPSA) is 93.2 Å². The van der Waals surface area contributed by atoms with E-state index in [-0.39, 0.29) is 12.6 Å². The molecule has 2 N–H and O–H groups in total. The number of amides is 2. The molecule has 0 saturated heterocycles. The van der Waals surface area contributed by atoms with Crippen molar-refractivity contribution < 1.29 is 14.3 Å². The Morgan fingerprint density at radius 1 is 1.29 bits per heavy atom. The van der Waals surface area contributed by atoms with Gasteiger partial charge in [0.1, 0.15) is 5.01 Å². The zero-order valence-corrected chi connectivity index (χ0v) is 17.8. The predicted molar refractivity (Wildman–Crippen MR) is 109 cm³/mol. The minimum Gasteiger partial charge on any atom is -0.463 e. The van der Waals surface area contributed by atoms with Gasteiger partial charge in [0.15, 0.2) is 4.34 Å². The molecular weight excluding hydrogens is 396 g/mol. The van der Waals surface area contributed by atoms with Crippen LogP contribution in [0.5, 0.6) is 0 Å². The van der Waals surface area contributed by atoms with Gasteiger partial charge in [0.05, 0.1) is 18.2 Å². The number of hydrogen-bond donors (Lipinski definition) is 2. The van der Waals surface area contributed by atoms with Gasteiger partial charge >= 0.3 is 12.0 Å². The standard InChI is InChI=1S/C19H22N4O3S2/c1-5-26-17(24)15-14(9-27-19-23-22-12(4)28-19)20-18(25)21-16(15)13-7-6-10(2)8-11(13)3/h6-8,16H,5,9H2,1-4H3,(H2,20,21,25). The minimum atomic E-state index is -0.569. The van der Waals surface area contributed by atoms with Gasteiger partial charge in [-0.2, -0.15) is 0 Å². The van der Waals surface area contributed by atoms with E-state index in [0.717, 1.165) is 26.0 Å². The van der Waals surface area contributed by atoms with Crippen molar-refractivity contribution in [3.8, 4) is 0 Å². The number of aromatic nitrogens is 2. The van der Waals surface area contributed by atoms with Crippen molar-refractivity contribution in [3.63, 3.8) is 0 Å². The third-order valence-electron chi connectivity index (χ3n) is 4.23. The van der Waals surface area contributed by atoms with E-state index in [0.29, 0.717) is 17.0 Å². The second-order valence-electron chi connectivity index (χ2n) is 6.38. The number of nitrogens with zero attached hydrogens (tertiary/aromatic N) is 2. The molecule has 28 heavy (non-hydrogen) atoms. The second-order valence-corrected chi connectivity index (χ2v) is 8.78. The quantitative estimate of drug-likeness (QED) is 0.551. The molecule has 1 atom stereocenters. The Morgan fingerprint density at radius 3 is 2.71 bits per heavy atom. The molecule has 0 aliphatic carbocycles. The van der Waals surface area contributed by atoms with Crippen LogP contribution in [0.25, 0.3) is 0 Å². The average Bonchev–Trinajstić information content (AvgIpc) is 3.05. The van der Waals surface area contributed by atoms with Crippen LogP contribution in [-0.2, 0) is 9.53 Å². The van der Waals surface area contributed by atoms with Gasteiger partial charge in [0.2, 0.25) is 0 Å². The van der Waals surface area contributed by atoms with E-state index in [9.17, 15) is 9.59 Å². The fraction of sp³-hybridized carbons (Fsp3) is 0.368. The summed E-state index contributed by atoms with van der Waals surface area (Å²) in [7, 11) is 0. The SMILES string of the molecule is CCOC(=O)C1=C(CSc2nnc(C)s2)NC(=O)NC1c1ccc(C)cc1C. The molecule has 2 aromatic rings. The largest absolute Gasteiger partial charge is 0.463 e. The van der Waals surface area contributed by atoms with Crippen LogP contribution in [0, 0.1) is 20.8 Å². The Morgan fingerprint density at radius 2 is 2.07 bits per heavy atom. The molecular formula is C19H22N4O3S2. The highest BCUT2D eigenvalue weighted by molar-refractivity contribution is 8.01. The molecule has 148 valence electrons. The Balaban J connectivity index is 2.00. The predicted octanol–water partition coefficient (Wildman–Crippen LogP) is 3.43. The molecule has 1 aromatic carbocycles. The van der Waals surface area contributed by atoms with Gasteiger partial charge in [-0.25, -0.2) is 9.59 Å². The van der Waals surface area contributed by atoms with Crippen molar-refractivity contribution >= 4 is 35.1 Å². The summed E-state index contributed by atoms with van der Waals surface area (Å²) in [6, 6.07) is 5.03. The van der Waals surface area contributed by atoms with E-state index >= 15 is 0 Å². The van der Waals surface area contributed by atoms with Crippen molar-refractivity contribution in [2.45, 2.75) is 38.1 Å². The number of carbonyl (C=O) groups excluding carboxylic acids is 2. The Kier molecular flexibility index (Phi) is 6.35. The maximum Gasteiger partial charge on any atom is 0.338 e. The summed E-state index contributed by atoms with van der Waals surface area (Å²) in [6.45, 7) is 7.88. The van der Waals surface area contributed by atoms with Crippen LogP contribution in [0.1, 0.15) is 34.7 Å². The van der Waals surface area contributed by atoms with Crippen LogP contribution in [0.4, 0.5) is 4.79 Å². The van der Waals surface area contributed by atoms with E-state index in [1.54, 1.807) is 6.92 Å². The first-order chi connectivity index (χ1) is 13.4. The lowest BCUT2D eigenvalue weighted by Gasteiger charge is -2.30. The summed E-state index contributed by atoms with van der Waals surface area (Å²) in [4.78, 5) is 25.1. The summed E-state index contributed by atoms with van der Waals surface area (Å²) in [5, 5.41) is 14.6. The average molecular weight is 419 g/mol. The normalized spacial score (nSPS) is 16.6. The number of urea groups is 1. The van der Waals surface area contributed by atoms with Crippen molar-refractivity contribution in [2.75, 3.05) is 12.4 Å². The molecule has 1 aliphatic rings. The number of aryl methyl sites for hydroxylation is 3. The minimum absolute atomic E-state index is 0.256. The highest BCUT2D eigenvalue weighted by Crippen LogP contribution is 2.33. The number of nitrogens with one attached hydrogen (secondary N) is 2. The van der Waals surface area contributed by atoms with Gasteiger partial charge in [-0.05, 0) is 38.8 Å². The van der Waals surface area contributed by atoms with Gasteiger partial charge in [0.25, 0.3) is 0 Å². The van der Waals surface area contributed by atoms with Crippen LogP contribution < -0.4 is 10.6 Å². The third-order valence-corrected chi connectivity index (χ3v) is 6.23. The molecule has 1 aromatic heterocycles. The van der Waals surface area contributed by atoms with Crippen molar-refractivity contribution in [2.24, 2.45) is 0 Å². The first kappa shape index (κ1) is 20.3. The smallest absolute Gasteiger partial charge is 0.338 e. The molecule has 9 heteroatoms. The van der Waals surface area contributed by atoms with Crippen LogP contribution in [0.2, 0.25) is 0 Å². The molecule has 0 radical (unpaired) electrons. The van der Waals surface area contributed by atoms with Crippen molar-refractivity contribution in [1.82, 2.24) is 20.8 Å². The van der Waals surface area contributed by atoms with Gasteiger partial charge in [-0.1, -0.05) is 46.9 Å². The lowest BCUT2D eigenvalue weighted by Crippen LogP contribution is -2.46. The maximum atomic E-state index is 12.8. The van der Waals surface area contributed by atoms with Crippen molar-refractivity contribution in [3.05, 3.63) is 51.2 Å². The molecule has 3 rings (SSSR count). The number of hydrogen-bond acceptors (Lipinski definition) is 7. The highest BCUT2D eigenvalue weighted by atomic mass is 32.2. The molecule has 0 saturated carbocycles. The number of thioether (sulfide) groups is 1. The number of ether oxygens (including phenoxy) is 1. The van der Waals surface area contributed by atoms with E-state index < -0.39 is 12.0 Å². The highest BCUT2D eigenvalue weighted by Gasteiger charge is 2.34. The number of benzene rings is 1. The molecule has 0 fully saturated rings. The van der Waals surface area contributed by atoms with Gasteiger partial charge in [-0.15, -0.1) is 10.2 Å². The Hall–Kier alpha value is -2.39. The Bertz CT molecular complexity index is 939. The lowest BCUT2D eigenvalue weighted by atomic mass is 9.91. The summed E-state index contributed by atoms with van der Waals surface area (Å²) >= 11 is 2.90. The van der Waals surface area contributed by atoms with E-state index in [1.807, 2.05) is 39.0 Å². The molecule has 7 nitrogen and oxygen atoms in total. The van der Waals surface area contributed by atoms with Gasteiger partial charge in [-0.3, -0.25) is 0 Å². The van der Waals surface area contributed by atoms with Crippen LogP contribution in [0.3, 0.4) is 0 Å². The number of carbonyl (C=O) groups is 2. The first-order valence-electron chi connectivity index (χ1n) is 8.86. The van der Waals surface area contributed by atoms with Crippen LogP contribution in [-0.4, -0.2) is 34.6 Å². The molecule has 0 bridgehead atoms. The molecule has 1 aliphatic heterocycles. The third kappa shape index (κ3) is 4.53. The summed E-state index contributed by atoms with van der Waals surface area (Å²) in [5.74, 6) is -0.0542. The summed E-state index contributed by atoms with van der Waals surface area (Å²) in [6.07, 6.45) is 0. The second kappa shape index (κ2) is 8.74. The van der Waals surface area contributed by atoms with E-state index in [4.69, 9.17) is 4.74 Å². The maximum absolute atomic E-state index is 12.8. The lowest BCUT2D eigenvalue weighted by molar-refractivity contribution is -0.139. The fourth-order valence-corrected chi connectivity index (χ4v) is 4.82. The monoisotopic (exact) mass is 418 g/mol. The van der Waals surface area contributed by atoms with Crippen LogP contribution >= 0.6 is 23.1 Å². The number of esters is 1. The van der Waals surface area contributed by atoms with Gasteiger partial charge in [0, 0.05) is 11.4 Å². The number of rotatable bonds is 6. The first-order valence-corrected chi connectivity index (χ1v) is 10.7. The molecule has 0 spiro atoms. The van der Waals surface area contributed by atoms with E-state index in [1.165, 1.54) is 23.1 Å². The zero-order chi connectivity index (χ0) is 20.3. The molecule has 2 heterocycles. The van der Waals surface area contributed by atoms with Crippen molar-refractivity contribution in [1.29, 1.82) is 0 Å². The van der Waals surface area contributed by atoms with E-state index in [2.05, 4.69) is 20.8 Å². The molecule has 2 amide bonds. The van der Waals surface area contributed by atoms with Crippen LogP contribution in [0.15, 0.2) is 33.8 Å². The van der Waals surface area contributed by atoms with Gasteiger partial charge < -0.3 is 15.4 Å². The summed E-state index contributed by atoms with van der Waals surface area (Å²) in [5.41, 5.74) is 3.94.